The van der Waals surface area contributed by atoms with Gasteiger partial charge >= 0.3 is 0 Å². The van der Waals surface area contributed by atoms with E-state index in [1.165, 1.54) is 19.4 Å². The summed E-state index contributed by atoms with van der Waals surface area (Å²) in [6.45, 7) is 3.37. The van der Waals surface area contributed by atoms with Crippen molar-refractivity contribution in [3.63, 3.8) is 0 Å². The molecule has 3 nitrogen and oxygen atoms in total. The van der Waals surface area contributed by atoms with Crippen LogP contribution in [0.3, 0.4) is 0 Å². The summed E-state index contributed by atoms with van der Waals surface area (Å²) in [6, 6.07) is 0. The highest BCUT2D eigenvalue weighted by Crippen LogP contribution is 1.98. The van der Waals surface area contributed by atoms with Crippen molar-refractivity contribution in [2.75, 3.05) is 33.9 Å². The molecule has 0 bridgehead atoms. The van der Waals surface area contributed by atoms with Gasteiger partial charge in [0.05, 0.1) is 6.67 Å². The Labute approximate surface area is 63.0 Å². The zero-order valence-corrected chi connectivity index (χ0v) is 6.93. The molecule has 1 rings (SSSR count). The lowest BCUT2D eigenvalue weighted by atomic mass is 10.3. The highest BCUT2D eigenvalue weighted by atomic mass is 15.5. The first kappa shape index (κ1) is 7.98. The third kappa shape index (κ3) is 2.64. The van der Waals surface area contributed by atoms with Gasteiger partial charge in [0, 0.05) is 13.1 Å². The topological polar surface area (TPSA) is 18.5 Å². The Morgan fingerprint density at radius 1 is 1.40 bits per heavy atom. The van der Waals surface area contributed by atoms with Crippen molar-refractivity contribution < 1.29 is 0 Å². The van der Waals surface area contributed by atoms with Gasteiger partial charge in [0.2, 0.25) is 0 Å². The molecule has 0 spiro atoms. The normalized spacial score (nSPS) is 21.9. The second-order valence-corrected chi connectivity index (χ2v) is 3.10. The molecule has 1 aliphatic rings. The second kappa shape index (κ2) is 3.91. The first-order valence-electron chi connectivity index (χ1n) is 3.92. The summed E-state index contributed by atoms with van der Waals surface area (Å²) in [5, 5.41) is 2.27. The fraction of sp³-hybridized carbons (Fsp3) is 1.00. The summed E-state index contributed by atoms with van der Waals surface area (Å²) in [5.74, 6) is 0. The zero-order chi connectivity index (χ0) is 7.40. The largest absolute Gasteiger partial charge is 0.296 e. The minimum atomic E-state index is 1.03. The molecule has 10 heavy (non-hydrogen) atoms. The number of hydrogen-bond acceptors (Lipinski definition) is 3. The number of hydrazine groups is 1. The molecule has 0 amide bonds. The summed E-state index contributed by atoms with van der Waals surface area (Å²) in [5.41, 5.74) is 3.34. The fourth-order valence-electron chi connectivity index (χ4n) is 1.21. The highest BCUT2D eigenvalue weighted by molar-refractivity contribution is 4.58. The van der Waals surface area contributed by atoms with Crippen molar-refractivity contribution in [2.45, 2.75) is 12.8 Å². The molecular weight excluding hydrogens is 126 g/mol. The molecule has 60 valence electrons. The minimum absolute atomic E-state index is 1.03. The fourth-order valence-corrected chi connectivity index (χ4v) is 1.21. The first-order chi connectivity index (χ1) is 4.79. The van der Waals surface area contributed by atoms with Crippen molar-refractivity contribution in [3.8, 4) is 0 Å². The molecule has 0 radical (unpaired) electrons. The van der Waals surface area contributed by atoms with Gasteiger partial charge in [0.1, 0.15) is 0 Å². The molecule has 0 aliphatic carbocycles. The zero-order valence-electron chi connectivity index (χ0n) is 6.93. The highest BCUT2D eigenvalue weighted by Gasteiger charge is 2.08. The van der Waals surface area contributed by atoms with Gasteiger partial charge in [-0.2, -0.15) is 0 Å². The van der Waals surface area contributed by atoms with Crippen LogP contribution in [0.25, 0.3) is 0 Å². The van der Waals surface area contributed by atoms with Crippen molar-refractivity contribution in [1.82, 2.24) is 15.3 Å². The van der Waals surface area contributed by atoms with E-state index in [9.17, 15) is 0 Å². The van der Waals surface area contributed by atoms with Crippen LogP contribution in [0.15, 0.2) is 0 Å². The Hall–Kier alpha value is -0.120. The molecule has 0 saturated carbocycles. The predicted molar refractivity (Wildman–Crippen MR) is 42.5 cm³/mol. The maximum Gasteiger partial charge on any atom is 0.0640 e. The number of nitrogens with one attached hydrogen (secondary N) is 1. The quantitative estimate of drug-likeness (QED) is 0.591. The Bertz CT molecular complexity index is 86.9. The lowest BCUT2D eigenvalue weighted by Gasteiger charge is -2.29. The molecule has 0 aromatic rings. The van der Waals surface area contributed by atoms with Crippen LogP contribution in [0.4, 0.5) is 0 Å². The van der Waals surface area contributed by atoms with Crippen LogP contribution in [0.5, 0.6) is 0 Å². The van der Waals surface area contributed by atoms with Gasteiger partial charge in [-0.05, 0) is 26.9 Å². The summed E-state index contributed by atoms with van der Waals surface area (Å²) in [6.07, 6.45) is 2.66. The Kier molecular flexibility index (Phi) is 3.12. The molecule has 1 fully saturated rings. The minimum Gasteiger partial charge on any atom is -0.296 e. The van der Waals surface area contributed by atoms with Crippen LogP contribution >= 0.6 is 0 Å². The summed E-state index contributed by atoms with van der Waals surface area (Å²) < 4.78 is 0. The number of nitrogens with zero attached hydrogens (tertiary/aromatic N) is 2. The van der Waals surface area contributed by atoms with Gasteiger partial charge in [-0.3, -0.25) is 10.3 Å². The molecule has 1 aliphatic heterocycles. The van der Waals surface area contributed by atoms with E-state index < -0.39 is 0 Å². The van der Waals surface area contributed by atoms with Crippen LogP contribution in [-0.2, 0) is 0 Å². The second-order valence-electron chi connectivity index (χ2n) is 3.10. The van der Waals surface area contributed by atoms with Gasteiger partial charge in [0.25, 0.3) is 0 Å². The molecular formula is C7H17N3. The van der Waals surface area contributed by atoms with E-state index in [2.05, 4.69) is 29.4 Å². The van der Waals surface area contributed by atoms with E-state index in [1.54, 1.807) is 0 Å². The third-order valence-electron chi connectivity index (χ3n) is 1.64. The predicted octanol–water partition coefficient (Wildman–Crippen LogP) is 0.106. The first-order valence-corrected chi connectivity index (χ1v) is 3.92. The molecule has 0 unspecified atom stereocenters. The number of rotatable bonds is 2. The monoisotopic (exact) mass is 143 g/mol. The van der Waals surface area contributed by atoms with Crippen molar-refractivity contribution in [3.05, 3.63) is 0 Å². The molecule has 0 aromatic heterocycles. The van der Waals surface area contributed by atoms with E-state index in [-0.39, 0.29) is 0 Å². The summed E-state index contributed by atoms with van der Waals surface area (Å²) in [4.78, 5) is 2.18. The van der Waals surface area contributed by atoms with E-state index in [4.69, 9.17) is 0 Å². The lowest BCUT2D eigenvalue weighted by molar-refractivity contribution is 0.0929. The van der Waals surface area contributed by atoms with Crippen molar-refractivity contribution >= 4 is 0 Å². The number of hydrogen-bond donors (Lipinski definition) is 1. The van der Waals surface area contributed by atoms with Gasteiger partial charge in [-0.1, -0.05) is 0 Å². The van der Waals surface area contributed by atoms with Crippen molar-refractivity contribution in [1.29, 1.82) is 0 Å². The van der Waals surface area contributed by atoms with Gasteiger partial charge in [0.15, 0.2) is 0 Å². The Balaban J connectivity index is 2.13. The van der Waals surface area contributed by atoms with Crippen LogP contribution in [0.1, 0.15) is 12.8 Å². The van der Waals surface area contributed by atoms with Crippen LogP contribution in [-0.4, -0.2) is 43.8 Å². The Morgan fingerprint density at radius 2 is 2.20 bits per heavy atom. The van der Waals surface area contributed by atoms with E-state index >= 15 is 0 Å². The van der Waals surface area contributed by atoms with Crippen LogP contribution in [0.2, 0.25) is 0 Å². The summed E-state index contributed by atoms with van der Waals surface area (Å²) in [7, 11) is 4.19. The molecule has 1 heterocycles. The lowest BCUT2D eigenvalue weighted by Crippen LogP contribution is -2.47. The standard InChI is InChI=1S/C7H17N3/c1-9(2)7-10-6-4-3-5-8-10/h8H,3-7H2,1-2H3. The van der Waals surface area contributed by atoms with Crippen LogP contribution < -0.4 is 5.43 Å². The molecule has 1 N–H and O–H groups in total. The summed E-state index contributed by atoms with van der Waals surface area (Å²) >= 11 is 0. The maximum atomic E-state index is 3.34. The van der Waals surface area contributed by atoms with Gasteiger partial charge < -0.3 is 0 Å². The van der Waals surface area contributed by atoms with Crippen LogP contribution in [0, 0.1) is 0 Å². The van der Waals surface area contributed by atoms with Gasteiger partial charge in [-0.25, -0.2) is 5.01 Å². The average molecular weight is 143 g/mol. The molecule has 1 saturated heterocycles. The van der Waals surface area contributed by atoms with E-state index in [1.807, 2.05) is 0 Å². The van der Waals surface area contributed by atoms with Crippen molar-refractivity contribution in [2.24, 2.45) is 0 Å². The Morgan fingerprint density at radius 3 is 2.70 bits per heavy atom. The van der Waals surface area contributed by atoms with E-state index in [0.29, 0.717) is 0 Å². The molecule has 0 aromatic carbocycles. The maximum absolute atomic E-state index is 3.34. The SMILES string of the molecule is CN(C)CN1CCCCN1. The van der Waals surface area contributed by atoms with Gasteiger partial charge in [-0.15, -0.1) is 0 Å². The molecule has 3 heteroatoms. The van der Waals surface area contributed by atoms with E-state index in [0.717, 1.165) is 13.2 Å². The third-order valence-corrected chi connectivity index (χ3v) is 1.64. The molecule has 0 atom stereocenters. The smallest absolute Gasteiger partial charge is 0.0640 e. The average Bonchev–Trinajstić information content (AvgIpc) is 1.88.